The Hall–Kier alpha value is -1.63. The minimum Gasteiger partial charge on any atom is -0.379 e. The van der Waals surface area contributed by atoms with Crippen molar-refractivity contribution < 1.29 is 9.42 Å². The number of anilines is 1. The molecule has 16 heavy (non-hydrogen) atoms. The van der Waals surface area contributed by atoms with Crippen molar-refractivity contribution in [2.24, 2.45) is 0 Å². The van der Waals surface area contributed by atoms with Gasteiger partial charge in [-0.1, -0.05) is 0 Å². The predicted octanol–water partition coefficient (Wildman–Crippen LogP) is -0.524. The third-order valence-corrected chi connectivity index (χ3v) is 2.71. The summed E-state index contributed by atoms with van der Waals surface area (Å²) in [5.41, 5.74) is 5.59. The molecular formula is C9H15N5O2. The van der Waals surface area contributed by atoms with Crippen molar-refractivity contribution in [1.82, 2.24) is 20.5 Å². The molecule has 0 unspecified atom stereocenters. The number of rotatable bonds is 1. The van der Waals surface area contributed by atoms with E-state index >= 15 is 0 Å². The van der Waals surface area contributed by atoms with Crippen LogP contribution in [0.1, 0.15) is 23.8 Å². The van der Waals surface area contributed by atoms with Crippen LogP contribution in [0.5, 0.6) is 0 Å². The fraction of sp³-hybridized carbons (Fsp3) is 0.667. The van der Waals surface area contributed by atoms with Gasteiger partial charge in [-0.15, -0.1) is 0 Å². The van der Waals surface area contributed by atoms with Crippen molar-refractivity contribution in [2.45, 2.75) is 19.4 Å². The number of carbonyl (C=O) groups excluding carboxylic acids is 1. The van der Waals surface area contributed by atoms with Gasteiger partial charge in [-0.2, -0.15) is 0 Å². The third kappa shape index (κ3) is 2.13. The summed E-state index contributed by atoms with van der Waals surface area (Å²) < 4.78 is 4.42. The standard InChI is InChI=1S/C9H15N5O2/c1-6-2-4-14(5-3-11-6)9(15)7-8(10)13-16-12-7/h6,11H,2-5H2,1H3,(H2,10,13)/t6-/m1/s1. The maximum absolute atomic E-state index is 12.0. The van der Waals surface area contributed by atoms with Crippen molar-refractivity contribution in [3.63, 3.8) is 0 Å². The smallest absolute Gasteiger partial charge is 0.280 e. The predicted molar refractivity (Wildman–Crippen MR) is 56.7 cm³/mol. The summed E-state index contributed by atoms with van der Waals surface area (Å²) in [5.74, 6) is -0.162. The molecule has 2 heterocycles. The zero-order chi connectivity index (χ0) is 11.5. The number of amides is 1. The van der Waals surface area contributed by atoms with Crippen LogP contribution in [0.2, 0.25) is 0 Å². The highest BCUT2D eigenvalue weighted by Crippen LogP contribution is 2.10. The van der Waals surface area contributed by atoms with Crippen molar-refractivity contribution in [1.29, 1.82) is 0 Å². The molecule has 0 aliphatic carbocycles. The third-order valence-electron chi connectivity index (χ3n) is 2.71. The molecule has 2 rings (SSSR count). The van der Waals surface area contributed by atoms with Crippen molar-refractivity contribution in [3.8, 4) is 0 Å². The first-order chi connectivity index (χ1) is 7.68. The van der Waals surface area contributed by atoms with Crippen LogP contribution in [-0.4, -0.2) is 46.8 Å². The first-order valence-electron chi connectivity index (χ1n) is 5.29. The average Bonchev–Trinajstić information content (AvgIpc) is 2.56. The van der Waals surface area contributed by atoms with Gasteiger partial charge in [0.25, 0.3) is 5.91 Å². The average molecular weight is 225 g/mol. The van der Waals surface area contributed by atoms with Crippen molar-refractivity contribution in [3.05, 3.63) is 5.69 Å². The lowest BCUT2D eigenvalue weighted by Gasteiger charge is -2.18. The fourth-order valence-electron chi connectivity index (χ4n) is 1.71. The van der Waals surface area contributed by atoms with E-state index in [2.05, 4.69) is 27.2 Å². The highest BCUT2D eigenvalue weighted by Gasteiger charge is 2.24. The molecule has 7 nitrogen and oxygen atoms in total. The summed E-state index contributed by atoms with van der Waals surface area (Å²) in [6, 6.07) is 0.422. The van der Waals surface area contributed by atoms with Crippen LogP contribution in [-0.2, 0) is 0 Å². The first-order valence-corrected chi connectivity index (χ1v) is 5.29. The quantitative estimate of drug-likeness (QED) is 0.667. The van der Waals surface area contributed by atoms with Crippen molar-refractivity contribution in [2.75, 3.05) is 25.4 Å². The van der Waals surface area contributed by atoms with E-state index in [1.807, 2.05) is 0 Å². The Balaban J connectivity index is 2.07. The topological polar surface area (TPSA) is 97.3 Å². The van der Waals surface area contributed by atoms with Crippen LogP contribution < -0.4 is 11.1 Å². The Bertz CT molecular complexity index is 378. The first kappa shape index (κ1) is 10.9. The SMILES string of the molecule is C[C@@H]1CCN(C(=O)c2nonc2N)CCN1. The van der Waals surface area contributed by atoms with E-state index in [4.69, 9.17) is 5.73 Å². The highest BCUT2D eigenvalue weighted by atomic mass is 16.6. The summed E-state index contributed by atoms with van der Waals surface area (Å²) in [6.07, 6.45) is 0.914. The Morgan fingerprint density at radius 2 is 2.38 bits per heavy atom. The van der Waals surface area contributed by atoms with Crippen LogP contribution in [0.15, 0.2) is 4.63 Å². The number of hydrogen-bond donors (Lipinski definition) is 2. The minimum atomic E-state index is -0.213. The molecule has 0 bridgehead atoms. The molecule has 0 radical (unpaired) electrons. The van der Waals surface area contributed by atoms with Gasteiger partial charge in [0.2, 0.25) is 11.5 Å². The fourth-order valence-corrected chi connectivity index (χ4v) is 1.71. The molecule has 0 saturated carbocycles. The molecule has 1 aromatic rings. The second-order valence-electron chi connectivity index (χ2n) is 3.93. The Kier molecular flexibility index (Phi) is 3.04. The molecule has 7 heteroatoms. The molecule has 3 N–H and O–H groups in total. The number of aromatic nitrogens is 2. The molecule has 1 saturated heterocycles. The van der Waals surface area contributed by atoms with Crippen LogP contribution in [0.3, 0.4) is 0 Å². The number of hydrogen-bond acceptors (Lipinski definition) is 6. The van der Waals surface area contributed by atoms with E-state index in [1.165, 1.54) is 0 Å². The van der Waals surface area contributed by atoms with E-state index in [9.17, 15) is 4.79 Å². The van der Waals surface area contributed by atoms with Crippen LogP contribution in [0, 0.1) is 0 Å². The number of nitrogens with one attached hydrogen (secondary N) is 1. The molecule has 0 spiro atoms. The second-order valence-corrected chi connectivity index (χ2v) is 3.93. The largest absolute Gasteiger partial charge is 0.379 e. The minimum absolute atomic E-state index is 0.0512. The second kappa shape index (κ2) is 4.48. The Morgan fingerprint density at radius 1 is 1.56 bits per heavy atom. The summed E-state index contributed by atoms with van der Waals surface area (Å²) in [7, 11) is 0. The Morgan fingerprint density at radius 3 is 3.06 bits per heavy atom. The van der Waals surface area contributed by atoms with Gasteiger partial charge in [0.15, 0.2) is 0 Å². The summed E-state index contributed by atoms with van der Waals surface area (Å²) in [6.45, 7) is 4.22. The van der Waals surface area contributed by atoms with Gasteiger partial charge >= 0.3 is 0 Å². The monoisotopic (exact) mass is 225 g/mol. The molecule has 1 fully saturated rings. The zero-order valence-corrected chi connectivity index (χ0v) is 9.14. The molecular weight excluding hydrogens is 210 g/mol. The molecule has 0 aromatic carbocycles. The highest BCUT2D eigenvalue weighted by molar-refractivity contribution is 5.96. The van der Waals surface area contributed by atoms with Gasteiger partial charge in [0, 0.05) is 25.7 Å². The molecule has 1 atom stereocenters. The number of carbonyl (C=O) groups is 1. The van der Waals surface area contributed by atoms with E-state index in [1.54, 1.807) is 4.90 Å². The van der Waals surface area contributed by atoms with E-state index in [-0.39, 0.29) is 17.4 Å². The van der Waals surface area contributed by atoms with Gasteiger partial charge < -0.3 is 16.0 Å². The zero-order valence-electron chi connectivity index (χ0n) is 9.14. The molecule has 1 aliphatic rings. The van der Waals surface area contributed by atoms with Crippen LogP contribution >= 0.6 is 0 Å². The molecule has 1 aliphatic heterocycles. The summed E-state index contributed by atoms with van der Waals surface area (Å²) in [5, 5.41) is 10.2. The number of nitrogens with two attached hydrogens (primary N) is 1. The molecule has 88 valence electrons. The van der Waals surface area contributed by atoms with Gasteiger partial charge in [0.1, 0.15) is 0 Å². The van der Waals surface area contributed by atoms with Crippen LogP contribution in [0.25, 0.3) is 0 Å². The summed E-state index contributed by atoms with van der Waals surface area (Å²) >= 11 is 0. The number of nitrogens with zero attached hydrogens (tertiary/aromatic N) is 3. The van der Waals surface area contributed by atoms with Gasteiger partial charge in [-0.25, -0.2) is 4.63 Å². The molecule has 1 aromatic heterocycles. The Labute approximate surface area is 92.9 Å². The van der Waals surface area contributed by atoms with Crippen molar-refractivity contribution >= 4 is 11.7 Å². The number of nitrogen functional groups attached to an aromatic ring is 1. The van der Waals surface area contributed by atoms with Crippen LogP contribution in [0.4, 0.5) is 5.82 Å². The maximum atomic E-state index is 12.0. The maximum Gasteiger partial charge on any atom is 0.280 e. The summed E-state index contributed by atoms with van der Waals surface area (Å²) in [4.78, 5) is 13.7. The van der Waals surface area contributed by atoms with Gasteiger partial charge in [0.05, 0.1) is 0 Å². The van der Waals surface area contributed by atoms with Gasteiger partial charge in [-0.3, -0.25) is 4.79 Å². The lowest BCUT2D eigenvalue weighted by Crippen LogP contribution is -2.34. The van der Waals surface area contributed by atoms with E-state index in [0.29, 0.717) is 19.1 Å². The van der Waals surface area contributed by atoms with E-state index < -0.39 is 0 Å². The normalized spacial score (nSPS) is 21.8. The van der Waals surface area contributed by atoms with E-state index in [0.717, 1.165) is 13.0 Å². The van der Waals surface area contributed by atoms with Gasteiger partial charge in [-0.05, 0) is 23.7 Å². The lowest BCUT2D eigenvalue weighted by molar-refractivity contribution is 0.0755. The molecule has 1 amide bonds. The lowest BCUT2D eigenvalue weighted by atomic mass is 10.2.